The Labute approximate surface area is 109 Å². The Morgan fingerprint density at radius 1 is 1.47 bits per heavy atom. The highest BCUT2D eigenvalue weighted by atomic mass is 35.5. The second-order valence-electron chi connectivity index (χ2n) is 4.63. The summed E-state index contributed by atoms with van der Waals surface area (Å²) in [6, 6.07) is 0.678. The maximum atomic E-state index is 4.13. The number of aromatic nitrogens is 3. The molecule has 0 aromatic carbocycles. The van der Waals surface area contributed by atoms with Gasteiger partial charge in [-0.2, -0.15) is 0 Å². The Morgan fingerprint density at radius 2 is 2.29 bits per heavy atom. The van der Waals surface area contributed by atoms with Gasteiger partial charge in [-0.1, -0.05) is 5.21 Å². The van der Waals surface area contributed by atoms with Crippen molar-refractivity contribution in [2.75, 3.05) is 20.1 Å². The molecule has 2 heterocycles. The maximum absolute atomic E-state index is 4.13. The van der Waals surface area contributed by atoms with Gasteiger partial charge in [0.15, 0.2) is 0 Å². The normalized spacial score (nSPS) is 21.0. The van der Waals surface area contributed by atoms with Gasteiger partial charge in [0, 0.05) is 25.8 Å². The van der Waals surface area contributed by atoms with Crippen LogP contribution in [0.25, 0.3) is 0 Å². The van der Waals surface area contributed by atoms with E-state index < -0.39 is 0 Å². The van der Waals surface area contributed by atoms with Crippen molar-refractivity contribution in [2.45, 2.75) is 31.8 Å². The first-order valence-corrected chi connectivity index (χ1v) is 6.02. The standard InChI is InChI=1S/C11H21N5.ClH/c1-15(8-10-9-16(2)14-13-10)11-4-3-6-12-7-5-11;/h9,11-12H,3-8H2,1-2H3;1H. The highest BCUT2D eigenvalue weighted by molar-refractivity contribution is 5.85. The minimum Gasteiger partial charge on any atom is -0.317 e. The SMILES string of the molecule is CN(Cc1cn(C)nn1)C1CCCNCC1.Cl. The van der Waals surface area contributed by atoms with Crippen LogP contribution in [0.3, 0.4) is 0 Å². The van der Waals surface area contributed by atoms with Crippen molar-refractivity contribution in [3.63, 3.8) is 0 Å². The molecule has 1 aliphatic heterocycles. The molecule has 98 valence electrons. The Balaban J connectivity index is 0.00000144. The Morgan fingerprint density at radius 3 is 3.00 bits per heavy atom. The zero-order valence-electron chi connectivity index (χ0n) is 10.6. The van der Waals surface area contributed by atoms with Gasteiger partial charge in [-0.05, 0) is 39.4 Å². The number of nitrogens with zero attached hydrogens (tertiary/aromatic N) is 4. The third-order valence-electron chi connectivity index (χ3n) is 3.23. The van der Waals surface area contributed by atoms with Crippen LogP contribution in [0.2, 0.25) is 0 Å². The number of hydrogen-bond donors (Lipinski definition) is 1. The molecule has 0 spiro atoms. The van der Waals surface area contributed by atoms with Crippen molar-refractivity contribution in [3.05, 3.63) is 11.9 Å². The number of aryl methyl sites for hydroxylation is 1. The quantitative estimate of drug-likeness (QED) is 0.873. The second-order valence-corrected chi connectivity index (χ2v) is 4.63. The fourth-order valence-electron chi connectivity index (χ4n) is 2.29. The highest BCUT2D eigenvalue weighted by Gasteiger charge is 2.17. The van der Waals surface area contributed by atoms with E-state index in [0.29, 0.717) is 6.04 Å². The fraction of sp³-hybridized carbons (Fsp3) is 0.818. The van der Waals surface area contributed by atoms with Crippen LogP contribution in [-0.4, -0.2) is 46.1 Å². The molecule has 1 fully saturated rings. The Bertz CT molecular complexity index is 319. The summed E-state index contributed by atoms with van der Waals surface area (Å²) in [7, 11) is 4.09. The molecule has 1 aromatic rings. The molecule has 6 heteroatoms. The van der Waals surface area contributed by atoms with Gasteiger partial charge < -0.3 is 5.32 Å². The molecule has 1 atom stereocenters. The van der Waals surface area contributed by atoms with Crippen molar-refractivity contribution >= 4 is 12.4 Å². The van der Waals surface area contributed by atoms with Crippen LogP contribution in [0.4, 0.5) is 0 Å². The van der Waals surface area contributed by atoms with E-state index in [4.69, 9.17) is 0 Å². The maximum Gasteiger partial charge on any atom is 0.0966 e. The smallest absolute Gasteiger partial charge is 0.0966 e. The first kappa shape index (κ1) is 14.4. The van der Waals surface area contributed by atoms with Gasteiger partial charge in [0.05, 0.1) is 5.69 Å². The lowest BCUT2D eigenvalue weighted by Crippen LogP contribution is -2.32. The summed E-state index contributed by atoms with van der Waals surface area (Å²) in [5.74, 6) is 0. The molecule has 1 aliphatic rings. The van der Waals surface area contributed by atoms with Crippen LogP contribution < -0.4 is 5.32 Å². The molecule has 0 radical (unpaired) electrons. The molecular weight excluding hydrogens is 238 g/mol. The zero-order valence-corrected chi connectivity index (χ0v) is 11.4. The van der Waals surface area contributed by atoms with Crippen LogP contribution in [-0.2, 0) is 13.6 Å². The summed E-state index contributed by atoms with van der Waals surface area (Å²) in [5.41, 5.74) is 1.06. The van der Waals surface area contributed by atoms with Crippen molar-refractivity contribution < 1.29 is 0 Å². The van der Waals surface area contributed by atoms with E-state index in [9.17, 15) is 0 Å². The van der Waals surface area contributed by atoms with Crippen molar-refractivity contribution in [2.24, 2.45) is 7.05 Å². The van der Waals surface area contributed by atoms with E-state index in [-0.39, 0.29) is 12.4 Å². The molecule has 0 bridgehead atoms. The van der Waals surface area contributed by atoms with Crippen LogP contribution in [0.1, 0.15) is 25.0 Å². The van der Waals surface area contributed by atoms with Gasteiger partial charge in [-0.15, -0.1) is 17.5 Å². The molecule has 0 aliphatic carbocycles. The average Bonchev–Trinajstić information content (AvgIpc) is 2.56. The van der Waals surface area contributed by atoms with Crippen molar-refractivity contribution in [1.82, 2.24) is 25.2 Å². The van der Waals surface area contributed by atoms with Crippen molar-refractivity contribution in [3.8, 4) is 0 Å². The monoisotopic (exact) mass is 259 g/mol. The second kappa shape index (κ2) is 6.93. The van der Waals surface area contributed by atoms with Crippen LogP contribution in [0.15, 0.2) is 6.20 Å². The van der Waals surface area contributed by atoms with E-state index in [2.05, 4.69) is 27.6 Å². The first-order chi connectivity index (χ1) is 7.75. The van der Waals surface area contributed by atoms with Gasteiger partial charge >= 0.3 is 0 Å². The summed E-state index contributed by atoms with van der Waals surface area (Å²) in [5, 5.41) is 11.5. The zero-order chi connectivity index (χ0) is 11.4. The summed E-state index contributed by atoms with van der Waals surface area (Å²) in [4.78, 5) is 2.40. The van der Waals surface area contributed by atoms with Gasteiger partial charge in [0.25, 0.3) is 0 Å². The van der Waals surface area contributed by atoms with Gasteiger partial charge in [-0.25, -0.2) is 0 Å². The fourth-order valence-corrected chi connectivity index (χ4v) is 2.29. The molecule has 1 aromatic heterocycles. The third-order valence-corrected chi connectivity index (χ3v) is 3.23. The van der Waals surface area contributed by atoms with Gasteiger partial charge in [0.1, 0.15) is 0 Å². The van der Waals surface area contributed by atoms with E-state index >= 15 is 0 Å². The highest BCUT2D eigenvalue weighted by Crippen LogP contribution is 2.13. The molecule has 0 amide bonds. The summed E-state index contributed by atoms with van der Waals surface area (Å²) >= 11 is 0. The topological polar surface area (TPSA) is 46.0 Å². The van der Waals surface area contributed by atoms with E-state index in [1.807, 2.05) is 13.2 Å². The lowest BCUT2D eigenvalue weighted by molar-refractivity contribution is 0.214. The summed E-state index contributed by atoms with van der Waals surface area (Å²) in [6.07, 6.45) is 5.78. The molecule has 1 saturated heterocycles. The Hall–Kier alpha value is -0.650. The van der Waals surface area contributed by atoms with Gasteiger partial charge in [0.2, 0.25) is 0 Å². The molecule has 0 saturated carbocycles. The minimum atomic E-state index is 0. The lowest BCUT2D eigenvalue weighted by Gasteiger charge is -2.25. The molecule has 1 N–H and O–H groups in total. The minimum absolute atomic E-state index is 0. The average molecular weight is 260 g/mol. The van der Waals surface area contributed by atoms with Crippen molar-refractivity contribution in [1.29, 1.82) is 0 Å². The van der Waals surface area contributed by atoms with Crippen LogP contribution >= 0.6 is 12.4 Å². The van der Waals surface area contributed by atoms with Crippen LogP contribution in [0.5, 0.6) is 0 Å². The molecule has 5 nitrogen and oxygen atoms in total. The molecule has 17 heavy (non-hydrogen) atoms. The summed E-state index contributed by atoms with van der Waals surface area (Å²) < 4.78 is 1.76. The predicted octanol–water partition coefficient (Wildman–Crippen LogP) is 0.811. The van der Waals surface area contributed by atoms with Crippen LogP contribution in [0, 0.1) is 0 Å². The van der Waals surface area contributed by atoms with E-state index in [1.54, 1.807) is 4.68 Å². The van der Waals surface area contributed by atoms with Gasteiger partial charge in [-0.3, -0.25) is 9.58 Å². The summed E-state index contributed by atoms with van der Waals surface area (Å²) in [6.45, 7) is 3.20. The molecule has 1 unspecified atom stereocenters. The Kier molecular flexibility index (Phi) is 5.88. The predicted molar refractivity (Wildman–Crippen MR) is 70.2 cm³/mol. The van der Waals surface area contributed by atoms with E-state index in [0.717, 1.165) is 25.3 Å². The number of nitrogens with one attached hydrogen (secondary N) is 1. The molecular formula is C11H22ClN5. The lowest BCUT2D eigenvalue weighted by atomic mass is 10.1. The number of halogens is 1. The van der Waals surface area contributed by atoms with E-state index in [1.165, 1.54) is 19.3 Å². The largest absolute Gasteiger partial charge is 0.317 e. The first-order valence-electron chi connectivity index (χ1n) is 6.02. The molecule has 2 rings (SSSR count). The number of rotatable bonds is 3. The number of hydrogen-bond acceptors (Lipinski definition) is 4. The third kappa shape index (κ3) is 4.26.